The van der Waals surface area contributed by atoms with Gasteiger partial charge in [0.05, 0.1) is 11.0 Å². The molecule has 0 aliphatic rings. The van der Waals surface area contributed by atoms with E-state index in [1.165, 1.54) is 12.1 Å². The summed E-state index contributed by atoms with van der Waals surface area (Å²) in [6.07, 6.45) is -0.218. The minimum Gasteiger partial charge on any atom is -0.393 e. The summed E-state index contributed by atoms with van der Waals surface area (Å²) in [7, 11) is -3.65. The molecule has 0 spiro atoms. The summed E-state index contributed by atoms with van der Waals surface area (Å²) < 4.78 is 26.2. The van der Waals surface area contributed by atoms with Crippen LogP contribution in [0.2, 0.25) is 10.0 Å². The lowest BCUT2D eigenvalue weighted by Crippen LogP contribution is -2.26. The first-order valence-corrected chi connectivity index (χ1v) is 7.61. The number of halogens is 2. The van der Waals surface area contributed by atoms with Gasteiger partial charge in [-0.3, -0.25) is 0 Å². The highest BCUT2D eigenvalue weighted by Gasteiger charge is 2.16. The number of aliphatic hydroxyl groups is 1. The highest BCUT2D eigenvalue weighted by atomic mass is 35.5. The number of benzene rings is 1. The lowest BCUT2D eigenvalue weighted by atomic mass is 10.2. The van der Waals surface area contributed by atoms with Crippen LogP contribution in [0.4, 0.5) is 0 Å². The summed E-state index contributed by atoms with van der Waals surface area (Å²) in [6.45, 7) is 3.46. The minimum atomic E-state index is -3.65. The van der Waals surface area contributed by atoms with Crippen LogP contribution in [0.5, 0.6) is 0 Å². The second-order valence-corrected chi connectivity index (χ2v) is 6.63. The molecule has 0 bridgehead atoms. The Morgan fingerprint density at radius 2 is 1.83 bits per heavy atom. The quantitative estimate of drug-likeness (QED) is 0.877. The molecular formula is C11H15Cl2NO3S. The molecule has 1 atom stereocenters. The van der Waals surface area contributed by atoms with E-state index in [-0.39, 0.29) is 11.4 Å². The van der Waals surface area contributed by atoms with Gasteiger partial charge in [0.1, 0.15) is 0 Å². The van der Waals surface area contributed by atoms with Crippen molar-refractivity contribution in [1.29, 1.82) is 0 Å². The zero-order valence-electron chi connectivity index (χ0n) is 10.1. The van der Waals surface area contributed by atoms with Crippen molar-refractivity contribution in [1.82, 2.24) is 4.72 Å². The summed E-state index contributed by atoms with van der Waals surface area (Å²) >= 11 is 11.8. The van der Waals surface area contributed by atoms with Gasteiger partial charge in [-0.15, -0.1) is 0 Å². The fourth-order valence-electron chi connectivity index (χ4n) is 1.26. The Morgan fingerprint density at radius 3 is 2.28 bits per heavy atom. The zero-order valence-corrected chi connectivity index (χ0v) is 12.4. The Bertz CT molecular complexity index is 506. The number of aliphatic hydroxyl groups excluding tert-OH is 1. The van der Waals surface area contributed by atoms with Gasteiger partial charge in [-0.25, -0.2) is 13.1 Å². The van der Waals surface area contributed by atoms with Crippen LogP contribution in [0, 0.1) is 6.92 Å². The Kier molecular flexibility index (Phi) is 5.43. The molecule has 1 rings (SSSR count). The van der Waals surface area contributed by atoms with Gasteiger partial charge in [-0.05, 0) is 38.0 Å². The number of hydrogen-bond acceptors (Lipinski definition) is 3. The van der Waals surface area contributed by atoms with Crippen molar-refractivity contribution < 1.29 is 13.5 Å². The Morgan fingerprint density at radius 1 is 1.33 bits per heavy atom. The maximum atomic E-state index is 11.9. The van der Waals surface area contributed by atoms with Crippen LogP contribution < -0.4 is 4.72 Å². The Hall–Kier alpha value is -0.330. The van der Waals surface area contributed by atoms with Gasteiger partial charge in [-0.1, -0.05) is 23.2 Å². The Labute approximate surface area is 117 Å². The molecule has 1 unspecified atom stereocenters. The molecule has 0 aliphatic carbocycles. The van der Waals surface area contributed by atoms with Crippen molar-refractivity contribution in [3.8, 4) is 0 Å². The van der Waals surface area contributed by atoms with E-state index in [2.05, 4.69) is 4.72 Å². The van der Waals surface area contributed by atoms with Crippen molar-refractivity contribution >= 4 is 33.2 Å². The van der Waals surface area contributed by atoms with Crippen LogP contribution in [0.3, 0.4) is 0 Å². The normalized spacial score (nSPS) is 13.6. The van der Waals surface area contributed by atoms with E-state index in [1.54, 1.807) is 13.8 Å². The zero-order chi connectivity index (χ0) is 13.9. The summed E-state index contributed by atoms with van der Waals surface area (Å²) in [6, 6.07) is 2.71. The third-order valence-electron chi connectivity index (χ3n) is 2.42. The van der Waals surface area contributed by atoms with E-state index in [9.17, 15) is 8.42 Å². The molecule has 2 N–H and O–H groups in total. The minimum absolute atomic E-state index is 0.0219. The maximum Gasteiger partial charge on any atom is 0.240 e. The number of nitrogens with one attached hydrogen (secondary N) is 1. The van der Waals surface area contributed by atoms with Gasteiger partial charge >= 0.3 is 0 Å². The molecule has 1 aromatic carbocycles. The van der Waals surface area contributed by atoms with Gasteiger partial charge in [0.15, 0.2) is 0 Å². The van der Waals surface area contributed by atoms with Crippen molar-refractivity contribution in [2.75, 3.05) is 6.54 Å². The SMILES string of the molecule is Cc1c(Cl)cc(S(=O)(=O)NCCC(C)O)cc1Cl. The molecule has 0 heterocycles. The van der Waals surface area contributed by atoms with Gasteiger partial charge in [-0.2, -0.15) is 0 Å². The molecule has 18 heavy (non-hydrogen) atoms. The smallest absolute Gasteiger partial charge is 0.240 e. The van der Waals surface area contributed by atoms with Crippen LogP contribution in [-0.2, 0) is 10.0 Å². The molecule has 1 aromatic rings. The largest absolute Gasteiger partial charge is 0.393 e. The molecule has 4 nitrogen and oxygen atoms in total. The van der Waals surface area contributed by atoms with Crippen molar-refractivity contribution in [2.45, 2.75) is 31.3 Å². The van der Waals surface area contributed by atoms with E-state index < -0.39 is 16.1 Å². The van der Waals surface area contributed by atoms with E-state index >= 15 is 0 Å². The van der Waals surface area contributed by atoms with Crippen LogP contribution in [0.1, 0.15) is 18.9 Å². The average Bonchev–Trinajstić information content (AvgIpc) is 2.24. The van der Waals surface area contributed by atoms with Gasteiger partial charge in [0.2, 0.25) is 10.0 Å². The lowest BCUT2D eigenvalue weighted by molar-refractivity contribution is 0.186. The van der Waals surface area contributed by atoms with Gasteiger partial charge in [0.25, 0.3) is 0 Å². The monoisotopic (exact) mass is 311 g/mol. The summed E-state index contributed by atoms with van der Waals surface area (Å²) in [5, 5.41) is 9.68. The average molecular weight is 312 g/mol. The molecule has 0 saturated heterocycles. The summed E-state index contributed by atoms with van der Waals surface area (Å²) in [5.74, 6) is 0. The first-order chi connectivity index (χ1) is 8.24. The molecule has 0 fully saturated rings. The molecule has 0 aromatic heterocycles. The second-order valence-electron chi connectivity index (χ2n) is 4.05. The molecule has 102 valence electrons. The van der Waals surface area contributed by atoms with Crippen molar-refractivity contribution in [2.24, 2.45) is 0 Å². The number of hydrogen-bond donors (Lipinski definition) is 2. The van der Waals surface area contributed by atoms with Crippen molar-refractivity contribution in [3.63, 3.8) is 0 Å². The summed E-state index contributed by atoms with van der Waals surface area (Å²) in [5.41, 5.74) is 0.640. The van der Waals surface area contributed by atoms with Crippen molar-refractivity contribution in [3.05, 3.63) is 27.7 Å². The topological polar surface area (TPSA) is 66.4 Å². The molecule has 0 aliphatic heterocycles. The highest BCUT2D eigenvalue weighted by molar-refractivity contribution is 7.89. The number of sulfonamides is 1. The maximum absolute atomic E-state index is 11.9. The predicted octanol–water partition coefficient (Wildman–Crippen LogP) is 2.35. The third kappa shape index (κ3) is 4.10. The molecule has 7 heteroatoms. The molecular weight excluding hydrogens is 297 g/mol. The van der Waals surface area contributed by atoms with E-state index in [4.69, 9.17) is 28.3 Å². The van der Waals surface area contributed by atoms with E-state index in [0.29, 0.717) is 22.0 Å². The third-order valence-corrected chi connectivity index (χ3v) is 4.64. The predicted molar refractivity (Wildman–Crippen MR) is 72.7 cm³/mol. The molecule has 0 amide bonds. The van der Waals surface area contributed by atoms with Crippen LogP contribution in [0.15, 0.2) is 17.0 Å². The van der Waals surface area contributed by atoms with Gasteiger partial charge < -0.3 is 5.11 Å². The van der Waals surface area contributed by atoms with Crippen LogP contribution in [0.25, 0.3) is 0 Å². The molecule has 0 radical (unpaired) electrons. The van der Waals surface area contributed by atoms with Crippen LogP contribution in [-0.4, -0.2) is 26.2 Å². The van der Waals surface area contributed by atoms with E-state index in [0.717, 1.165) is 0 Å². The fourth-order valence-corrected chi connectivity index (χ4v) is 2.98. The summed E-state index contributed by atoms with van der Waals surface area (Å²) in [4.78, 5) is 0.0219. The van der Waals surface area contributed by atoms with Gasteiger partial charge in [0, 0.05) is 16.6 Å². The van der Waals surface area contributed by atoms with E-state index in [1.807, 2.05) is 0 Å². The highest BCUT2D eigenvalue weighted by Crippen LogP contribution is 2.27. The molecule has 0 saturated carbocycles. The lowest BCUT2D eigenvalue weighted by Gasteiger charge is -2.10. The first kappa shape index (κ1) is 15.7. The van der Waals surface area contributed by atoms with Crippen LogP contribution >= 0.6 is 23.2 Å². The Balaban J connectivity index is 2.92. The number of rotatable bonds is 5. The fraction of sp³-hybridized carbons (Fsp3) is 0.455. The first-order valence-electron chi connectivity index (χ1n) is 5.37. The standard InChI is InChI=1S/C11H15Cl2NO3S/c1-7(15)3-4-14-18(16,17)9-5-10(12)8(2)11(13)6-9/h5-7,14-15H,3-4H2,1-2H3. The second kappa shape index (κ2) is 6.21.